The molecule has 2 aromatic rings. The van der Waals surface area contributed by atoms with Crippen molar-refractivity contribution >= 4 is 15.9 Å². The molecule has 0 atom stereocenters. The van der Waals surface area contributed by atoms with Crippen molar-refractivity contribution in [2.24, 2.45) is 0 Å². The summed E-state index contributed by atoms with van der Waals surface area (Å²) in [5.41, 5.74) is 2.59. The Balaban J connectivity index is 2.36. The van der Waals surface area contributed by atoms with E-state index in [-0.39, 0.29) is 12.2 Å². The molecule has 0 fully saturated rings. The van der Waals surface area contributed by atoms with Crippen LogP contribution in [-0.4, -0.2) is 5.11 Å². The summed E-state index contributed by atoms with van der Waals surface area (Å²) in [6.45, 7) is -0.00566. The van der Waals surface area contributed by atoms with Crippen LogP contribution in [-0.2, 0) is 6.61 Å². The topological polar surface area (TPSA) is 20.2 Å². The highest BCUT2D eigenvalue weighted by atomic mass is 79.9. The zero-order chi connectivity index (χ0) is 13.1. The second kappa shape index (κ2) is 5.59. The highest BCUT2D eigenvalue weighted by molar-refractivity contribution is 9.10. The maximum absolute atomic E-state index is 12.6. The number of benzene rings is 2. The first-order valence-corrected chi connectivity index (χ1v) is 6.19. The van der Waals surface area contributed by atoms with Crippen LogP contribution in [0.2, 0.25) is 0 Å². The van der Waals surface area contributed by atoms with E-state index >= 15 is 0 Å². The van der Waals surface area contributed by atoms with E-state index in [9.17, 15) is 8.78 Å². The Morgan fingerprint density at radius 2 is 1.61 bits per heavy atom. The molecule has 18 heavy (non-hydrogen) atoms. The molecule has 2 aromatic carbocycles. The molecule has 0 aromatic heterocycles. The molecule has 4 heteroatoms. The molecule has 94 valence electrons. The molecular formula is C14H11BrF2O. The summed E-state index contributed by atoms with van der Waals surface area (Å²) in [6, 6.07) is 12.1. The monoisotopic (exact) mass is 312 g/mol. The van der Waals surface area contributed by atoms with Crippen molar-refractivity contribution in [1.82, 2.24) is 0 Å². The van der Waals surface area contributed by atoms with Crippen molar-refractivity contribution in [1.29, 1.82) is 0 Å². The number of aliphatic hydroxyl groups is 1. The van der Waals surface area contributed by atoms with E-state index in [0.717, 1.165) is 16.7 Å². The molecular weight excluding hydrogens is 302 g/mol. The molecule has 1 N–H and O–H groups in total. The van der Waals surface area contributed by atoms with Crippen LogP contribution < -0.4 is 0 Å². The van der Waals surface area contributed by atoms with Gasteiger partial charge in [0.2, 0.25) is 0 Å². The third-order valence-electron chi connectivity index (χ3n) is 2.71. The number of aliphatic hydroxyl groups excluding tert-OH is 1. The molecule has 0 unspecified atom stereocenters. The van der Waals surface area contributed by atoms with E-state index in [0.29, 0.717) is 4.47 Å². The lowest BCUT2D eigenvalue weighted by Crippen LogP contribution is -1.88. The molecule has 0 radical (unpaired) electrons. The van der Waals surface area contributed by atoms with Gasteiger partial charge in [-0.3, -0.25) is 0 Å². The first kappa shape index (κ1) is 13.2. The third kappa shape index (κ3) is 2.76. The van der Waals surface area contributed by atoms with Gasteiger partial charge in [0.1, 0.15) is 0 Å². The van der Waals surface area contributed by atoms with Gasteiger partial charge < -0.3 is 5.11 Å². The molecule has 0 aliphatic carbocycles. The maximum Gasteiger partial charge on any atom is 0.264 e. The number of hydrogen-bond acceptors (Lipinski definition) is 1. The lowest BCUT2D eigenvalue weighted by Gasteiger charge is -2.07. The molecule has 0 aliphatic rings. The van der Waals surface area contributed by atoms with Gasteiger partial charge in [-0.15, -0.1) is 0 Å². The van der Waals surface area contributed by atoms with E-state index in [1.165, 1.54) is 6.07 Å². The smallest absolute Gasteiger partial charge is 0.264 e. The van der Waals surface area contributed by atoms with Gasteiger partial charge in [0.25, 0.3) is 6.43 Å². The summed E-state index contributed by atoms with van der Waals surface area (Å²) in [6.07, 6.45) is -2.48. The maximum atomic E-state index is 12.6. The minimum atomic E-state index is -2.48. The Morgan fingerprint density at radius 1 is 1.00 bits per heavy atom. The van der Waals surface area contributed by atoms with Crippen molar-refractivity contribution in [3.05, 3.63) is 58.1 Å². The molecule has 0 saturated heterocycles. The van der Waals surface area contributed by atoms with Gasteiger partial charge in [-0.25, -0.2) is 8.78 Å². The van der Waals surface area contributed by atoms with Crippen LogP contribution in [0, 0.1) is 0 Å². The minimum Gasteiger partial charge on any atom is -0.392 e. The summed E-state index contributed by atoms with van der Waals surface area (Å²) in [5, 5.41) is 8.95. The number of rotatable bonds is 3. The Hall–Kier alpha value is -1.26. The van der Waals surface area contributed by atoms with Crippen molar-refractivity contribution < 1.29 is 13.9 Å². The van der Waals surface area contributed by atoms with Crippen molar-refractivity contribution in [2.45, 2.75) is 13.0 Å². The van der Waals surface area contributed by atoms with Crippen LogP contribution in [0.5, 0.6) is 0 Å². The quantitative estimate of drug-likeness (QED) is 0.881. The van der Waals surface area contributed by atoms with Gasteiger partial charge in [-0.1, -0.05) is 52.3 Å². The van der Waals surface area contributed by atoms with E-state index in [2.05, 4.69) is 15.9 Å². The highest BCUT2D eigenvalue weighted by Crippen LogP contribution is 2.31. The number of halogens is 3. The van der Waals surface area contributed by atoms with Crippen molar-refractivity contribution in [2.75, 3.05) is 0 Å². The summed E-state index contributed by atoms with van der Waals surface area (Å²) < 4.78 is 25.6. The second-order valence-electron chi connectivity index (χ2n) is 3.89. The summed E-state index contributed by atoms with van der Waals surface area (Å²) in [5.74, 6) is 0. The molecule has 0 spiro atoms. The fraction of sp³-hybridized carbons (Fsp3) is 0.143. The Bertz CT molecular complexity index is 538. The van der Waals surface area contributed by atoms with Gasteiger partial charge in [0.05, 0.1) is 6.61 Å². The van der Waals surface area contributed by atoms with Crippen molar-refractivity contribution in [3.8, 4) is 11.1 Å². The lowest BCUT2D eigenvalue weighted by atomic mass is 10.0. The normalized spacial score (nSPS) is 10.9. The van der Waals surface area contributed by atoms with E-state index in [1.807, 2.05) is 24.3 Å². The largest absolute Gasteiger partial charge is 0.392 e. The predicted octanol–water partition coefficient (Wildman–Crippen LogP) is 4.55. The van der Waals surface area contributed by atoms with E-state index in [4.69, 9.17) is 5.11 Å². The Kier molecular flexibility index (Phi) is 4.09. The Morgan fingerprint density at radius 3 is 2.11 bits per heavy atom. The first-order chi connectivity index (χ1) is 8.61. The first-order valence-electron chi connectivity index (χ1n) is 5.39. The summed E-state index contributed by atoms with van der Waals surface area (Å²) >= 11 is 3.15. The average Bonchev–Trinajstić information content (AvgIpc) is 2.38. The molecule has 0 heterocycles. The zero-order valence-electron chi connectivity index (χ0n) is 9.41. The summed E-state index contributed by atoms with van der Waals surface area (Å²) in [7, 11) is 0. The van der Waals surface area contributed by atoms with Gasteiger partial charge in [-0.05, 0) is 22.8 Å². The van der Waals surface area contributed by atoms with Gasteiger partial charge in [0, 0.05) is 10.0 Å². The number of hydrogen-bond donors (Lipinski definition) is 1. The SMILES string of the molecule is OCc1ccc(-c2ccc(C(F)F)c(Br)c2)cc1. The number of alkyl halides is 2. The van der Waals surface area contributed by atoms with Crippen LogP contribution in [0.4, 0.5) is 8.78 Å². The van der Waals surface area contributed by atoms with Crippen LogP contribution in [0.15, 0.2) is 46.9 Å². The van der Waals surface area contributed by atoms with Gasteiger partial charge >= 0.3 is 0 Å². The third-order valence-corrected chi connectivity index (χ3v) is 3.39. The van der Waals surface area contributed by atoms with Crippen LogP contribution in [0.3, 0.4) is 0 Å². The second-order valence-corrected chi connectivity index (χ2v) is 4.75. The van der Waals surface area contributed by atoms with Crippen LogP contribution >= 0.6 is 15.9 Å². The van der Waals surface area contributed by atoms with Crippen LogP contribution in [0.1, 0.15) is 17.6 Å². The molecule has 2 rings (SSSR count). The van der Waals surface area contributed by atoms with Crippen LogP contribution in [0.25, 0.3) is 11.1 Å². The molecule has 0 bridgehead atoms. The molecule has 0 saturated carbocycles. The van der Waals surface area contributed by atoms with Gasteiger partial charge in [-0.2, -0.15) is 0 Å². The molecule has 0 aliphatic heterocycles. The summed E-state index contributed by atoms with van der Waals surface area (Å²) in [4.78, 5) is 0. The fourth-order valence-electron chi connectivity index (χ4n) is 1.69. The fourth-order valence-corrected chi connectivity index (χ4v) is 2.24. The lowest BCUT2D eigenvalue weighted by molar-refractivity contribution is 0.150. The molecule has 1 nitrogen and oxygen atoms in total. The Labute approximate surface area is 112 Å². The average molecular weight is 313 g/mol. The zero-order valence-corrected chi connectivity index (χ0v) is 11.0. The van der Waals surface area contributed by atoms with E-state index < -0.39 is 6.43 Å². The standard InChI is InChI=1S/C14H11BrF2O/c15-13-7-11(5-6-12(13)14(16)17)10-3-1-9(8-18)2-4-10/h1-7,14,18H,8H2. The molecule has 0 amide bonds. The van der Waals surface area contributed by atoms with Gasteiger partial charge in [0.15, 0.2) is 0 Å². The highest BCUT2D eigenvalue weighted by Gasteiger charge is 2.11. The predicted molar refractivity (Wildman–Crippen MR) is 70.5 cm³/mol. The minimum absolute atomic E-state index is 0.00566. The van der Waals surface area contributed by atoms with Crippen molar-refractivity contribution in [3.63, 3.8) is 0 Å². The van der Waals surface area contributed by atoms with E-state index in [1.54, 1.807) is 12.1 Å².